The molecule has 0 spiro atoms. The highest BCUT2D eigenvalue weighted by atomic mass is 19.1. The number of hydrogen-bond donors (Lipinski definition) is 2. The third-order valence-electron chi connectivity index (χ3n) is 3.48. The normalized spacial score (nSPS) is 23.9. The number of aliphatic hydroxyl groups is 1. The zero-order valence-corrected chi connectivity index (χ0v) is 11.5. The van der Waals surface area contributed by atoms with E-state index in [1.54, 1.807) is 6.92 Å². The molecular formula is C14H18F2N2O2. The molecule has 0 amide bonds. The first-order valence-electron chi connectivity index (χ1n) is 6.54. The lowest BCUT2D eigenvalue weighted by Crippen LogP contribution is -2.19. The number of amidine groups is 1. The molecule has 20 heavy (non-hydrogen) atoms. The van der Waals surface area contributed by atoms with Crippen LogP contribution in [0.15, 0.2) is 17.3 Å². The summed E-state index contributed by atoms with van der Waals surface area (Å²) >= 11 is 0. The van der Waals surface area contributed by atoms with Gasteiger partial charge in [-0.2, -0.15) is 0 Å². The van der Waals surface area contributed by atoms with Gasteiger partial charge in [0.05, 0.1) is 6.61 Å². The van der Waals surface area contributed by atoms with E-state index in [0.29, 0.717) is 17.9 Å². The first kappa shape index (κ1) is 14.7. The minimum absolute atomic E-state index is 0.0861. The molecular weight excluding hydrogens is 266 g/mol. The smallest absolute Gasteiger partial charge is 0.145 e. The van der Waals surface area contributed by atoms with Gasteiger partial charge in [-0.1, -0.05) is 12.1 Å². The molecule has 0 radical (unpaired) electrons. The summed E-state index contributed by atoms with van der Waals surface area (Å²) in [6.07, 6.45) is 0. The number of nitrogens with one attached hydrogen (secondary N) is 1. The van der Waals surface area contributed by atoms with Crippen LogP contribution in [-0.2, 0) is 4.84 Å². The molecule has 1 aromatic rings. The number of aryl methyl sites for hydroxylation is 1. The lowest BCUT2D eigenvalue weighted by atomic mass is 9.88. The molecule has 0 aromatic heterocycles. The quantitative estimate of drug-likeness (QED) is 0.656. The molecule has 0 bridgehead atoms. The molecule has 1 heterocycles. The average Bonchev–Trinajstić information content (AvgIpc) is 2.71. The van der Waals surface area contributed by atoms with E-state index in [4.69, 9.17) is 9.94 Å². The number of aliphatic hydroxyl groups excluding tert-OH is 1. The second-order valence-corrected chi connectivity index (χ2v) is 4.95. The van der Waals surface area contributed by atoms with Crippen LogP contribution in [0.25, 0.3) is 0 Å². The fourth-order valence-electron chi connectivity index (χ4n) is 2.43. The third kappa shape index (κ3) is 2.90. The summed E-state index contributed by atoms with van der Waals surface area (Å²) in [7, 11) is 0. The van der Waals surface area contributed by atoms with Gasteiger partial charge in [-0.3, -0.25) is 0 Å². The highest BCUT2D eigenvalue weighted by molar-refractivity contribution is 5.87. The molecule has 2 atom stereocenters. The van der Waals surface area contributed by atoms with Crippen molar-refractivity contribution in [2.45, 2.75) is 19.8 Å². The minimum Gasteiger partial charge on any atom is -0.393 e. The van der Waals surface area contributed by atoms with Crippen LogP contribution in [0.3, 0.4) is 0 Å². The molecule has 0 aliphatic carbocycles. The topological polar surface area (TPSA) is 53.9 Å². The van der Waals surface area contributed by atoms with Crippen molar-refractivity contribution in [2.75, 3.05) is 19.8 Å². The summed E-state index contributed by atoms with van der Waals surface area (Å²) in [6.45, 7) is 3.86. The molecule has 1 fully saturated rings. The summed E-state index contributed by atoms with van der Waals surface area (Å²) in [5, 5.41) is 15.5. The largest absolute Gasteiger partial charge is 0.393 e. The van der Waals surface area contributed by atoms with Crippen LogP contribution in [0.4, 0.5) is 8.78 Å². The van der Waals surface area contributed by atoms with Gasteiger partial charge in [-0.05, 0) is 24.6 Å². The monoisotopic (exact) mass is 284 g/mol. The van der Waals surface area contributed by atoms with E-state index >= 15 is 0 Å². The summed E-state index contributed by atoms with van der Waals surface area (Å²) in [5.41, 5.74) is 0.644. The van der Waals surface area contributed by atoms with Gasteiger partial charge >= 0.3 is 0 Å². The van der Waals surface area contributed by atoms with Crippen molar-refractivity contribution >= 4 is 5.84 Å². The van der Waals surface area contributed by atoms with Crippen LogP contribution in [0.1, 0.15) is 24.0 Å². The highest BCUT2D eigenvalue weighted by Crippen LogP contribution is 2.33. The van der Waals surface area contributed by atoms with Crippen LogP contribution in [0.2, 0.25) is 0 Å². The van der Waals surface area contributed by atoms with Crippen molar-refractivity contribution in [3.63, 3.8) is 0 Å². The van der Waals surface area contributed by atoms with Gasteiger partial charge in [0, 0.05) is 23.9 Å². The minimum atomic E-state index is -0.529. The van der Waals surface area contributed by atoms with Crippen LogP contribution in [-0.4, -0.2) is 30.7 Å². The Morgan fingerprint density at radius 2 is 2.05 bits per heavy atom. The molecule has 0 saturated carbocycles. The standard InChI is InChI=1S/C14H18F2N2O2/c1-8-5-11(15)13(12(16)6-8)10-7-17-14(9(10)2)18-20-4-3-19/h5-6,9-10,19H,3-4,7H2,1-2H3,(H,17,18)/t9-,10+/m0/s1. The Balaban J connectivity index is 2.21. The van der Waals surface area contributed by atoms with E-state index in [2.05, 4.69) is 10.5 Å². The second kappa shape index (κ2) is 6.17. The van der Waals surface area contributed by atoms with Crippen LogP contribution >= 0.6 is 0 Å². The number of benzene rings is 1. The number of hydrogen-bond acceptors (Lipinski definition) is 3. The average molecular weight is 284 g/mol. The van der Waals surface area contributed by atoms with E-state index in [9.17, 15) is 8.78 Å². The Kier molecular flexibility index (Phi) is 4.54. The van der Waals surface area contributed by atoms with Crippen molar-refractivity contribution in [3.8, 4) is 0 Å². The Morgan fingerprint density at radius 1 is 1.40 bits per heavy atom. The van der Waals surface area contributed by atoms with E-state index in [0.717, 1.165) is 0 Å². The first-order valence-corrected chi connectivity index (χ1v) is 6.54. The fourth-order valence-corrected chi connectivity index (χ4v) is 2.43. The SMILES string of the molecule is Cc1cc(F)c([C@@H]2CN/C(=N\OCCO)[C@H]2C)c(F)c1. The van der Waals surface area contributed by atoms with E-state index < -0.39 is 11.6 Å². The lowest BCUT2D eigenvalue weighted by molar-refractivity contribution is 0.0972. The van der Waals surface area contributed by atoms with Gasteiger partial charge in [0.15, 0.2) is 0 Å². The second-order valence-electron chi connectivity index (χ2n) is 4.95. The fraction of sp³-hybridized carbons (Fsp3) is 0.500. The summed E-state index contributed by atoms with van der Waals surface area (Å²) in [6, 6.07) is 2.67. The van der Waals surface area contributed by atoms with Crippen LogP contribution in [0, 0.1) is 24.5 Å². The zero-order valence-electron chi connectivity index (χ0n) is 11.5. The maximum atomic E-state index is 14.0. The summed E-state index contributed by atoms with van der Waals surface area (Å²) in [5.74, 6) is -1.02. The lowest BCUT2D eigenvalue weighted by Gasteiger charge is -2.16. The van der Waals surface area contributed by atoms with Gasteiger partial charge < -0.3 is 15.3 Å². The molecule has 1 aliphatic rings. The maximum absolute atomic E-state index is 14.0. The molecule has 6 heteroatoms. The van der Waals surface area contributed by atoms with Gasteiger partial charge in [0.25, 0.3) is 0 Å². The Labute approximate surface area is 116 Å². The number of halogens is 2. The Bertz CT molecular complexity index is 497. The van der Waals surface area contributed by atoms with Crippen molar-refractivity contribution in [1.82, 2.24) is 5.32 Å². The van der Waals surface area contributed by atoms with Gasteiger partial charge in [-0.25, -0.2) is 8.78 Å². The molecule has 1 saturated heterocycles. The summed E-state index contributed by atoms with van der Waals surface area (Å²) < 4.78 is 28.0. The molecule has 1 aromatic carbocycles. The van der Waals surface area contributed by atoms with E-state index in [1.165, 1.54) is 12.1 Å². The number of rotatable bonds is 4. The molecule has 2 N–H and O–H groups in total. The van der Waals surface area contributed by atoms with E-state index in [-0.39, 0.29) is 30.6 Å². The number of oxime groups is 1. The van der Waals surface area contributed by atoms with Crippen molar-refractivity contribution in [1.29, 1.82) is 0 Å². The van der Waals surface area contributed by atoms with E-state index in [1.807, 2.05) is 6.92 Å². The van der Waals surface area contributed by atoms with Gasteiger partial charge in [-0.15, -0.1) is 0 Å². The Morgan fingerprint density at radius 3 is 2.65 bits per heavy atom. The van der Waals surface area contributed by atoms with Gasteiger partial charge in [0.2, 0.25) is 0 Å². The number of nitrogens with zero attached hydrogens (tertiary/aromatic N) is 1. The van der Waals surface area contributed by atoms with Gasteiger partial charge in [0.1, 0.15) is 24.1 Å². The highest BCUT2D eigenvalue weighted by Gasteiger charge is 2.34. The maximum Gasteiger partial charge on any atom is 0.145 e. The summed E-state index contributed by atoms with van der Waals surface area (Å²) in [4.78, 5) is 4.89. The first-order chi connectivity index (χ1) is 9.54. The molecule has 1 aliphatic heterocycles. The van der Waals surface area contributed by atoms with Crippen molar-refractivity contribution in [2.24, 2.45) is 11.1 Å². The van der Waals surface area contributed by atoms with Crippen molar-refractivity contribution < 1.29 is 18.7 Å². The Hall–Kier alpha value is -1.69. The van der Waals surface area contributed by atoms with Crippen molar-refractivity contribution in [3.05, 3.63) is 34.9 Å². The third-order valence-corrected chi connectivity index (χ3v) is 3.48. The molecule has 110 valence electrons. The zero-order chi connectivity index (χ0) is 14.7. The predicted octanol–water partition coefficient (Wildman–Crippen LogP) is 1.92. The molecule has 0 unspecified atom stereocenters. The predicted molar refractivity (Wildman–Crippen MR) is 71.5 cm³/mol. The molecule has 2 rings (SSSR count). The van der Waals surface area contributed by atoms with Crippen LogP contribution in [0.5, 0.6) is 0 Å². The molecule has 4 nitrogen and oxygen atoms in total. The van der Waals surface area contributed by atoms with Crippen LogP contribution < -0.4 is 5.32 Å².